The molecule has 0 unspecified atom stereocenters. The summed E-state index contributed by atoms with van der Waals surface area (Å²) in [7, 11) is 1.96. The van der Waals surface area contributed by atoms with Crippen LogP contribution in [0.3, 0.4) is 0 Å². The van der Waals surface area contributed by atoms with Crippen molar-refractivity contribution in [3.8, 4) is 0 Å². The van der Waals surface area contributed by atoms with Crippen molar-refractivity contribution in [3.05, 3.63) is 41.5 Å². The lowest BCUT2D eigenvalue weighted by molar-refractivity contribution is 0.765. The minimum absolute atomic E-state index is 0.309. The van der Waals surface area contributed by atoms with Gasteiger partial charge in [-0.2, -0.15) is 4.98 Å². The number of hydrogen-bond acceptors (Lipinski definition) is 3. The normalized spacial score (nSPS) is 15.1. The smallest absolute Gasteiger partial charge is 0.224 e. The molecule has 1 aliphatic rings. The van der Waals surface area contributed by atoms with E-state index >= 15 is 0 Å². The van der Waals surface area contributed by atoms with Crippen LogP contribution in [-0.4, -0.2) is 24.1 Å². The Morgan fingerprint density at radius 1 is 1.35 bits per heavy atom. The van der Waals surface area contributed by atoms with Crippen LogP contribution in [0.5, 0.6) is 0 Å². The summed E-state index contributed by atoms with van der Waals surface area (Å²) in [6.07, 6.45) is 9.01. The number of fused-ring (bicyclic) bond motifs is 1. The maximum Gasteiger partial charge on any atom is 0.224 e. The highest BCUT2D eigenvalue weighted by atomic mass is 35.5. The third kappa shape index (κ3) is 1.98. The van der Waals surface area contributed by atoms with Crippen LogP contribution in [0.2, 0.25) is 5.28 Å². The van der Waals surface area contributed by atoms with Crippen molar-refractivity contribution in [1.82, 2.24) is 24.1 Å². The molecule has 3 aromatic heterocycles. The number of imidazole rings is 1. The zero-order valence-corrected chi connectivity index (χ0v) is 11.9. The highest BCUT2D eigenvalue weighted by Gasteiger charge is 2.26. The van der Waals surface area contributed by atoms with Crippen molar-refractivity contribution in [2.24, 2.45) is 7.05 Å². The minimum Gasteiger partial charge on any atom is -0.340 e. The van der Waals surface area contributed by atoms with E-state index in [0.717, 1.165) is 22.4 Å². The zero-order chi connectivity index (χ0) is 13.7. The largest absolute Gasteiger partial charge is 0.340 e. The average Bonchev–Trinajstić information content (AvgIpc) is 3.04. The minimum atomic E-state index is 0.309. The molecule has 0 amide bonds. The molecule has 1 aliphatic carbocycles. The number of rotatable bonds is 3. The molecular weight excluding hydrogens is 274 g/mol. The first-order chi connectivity index (χ1) is 9.70. The quantitative estimate of drug-likeness (QED) is 0.696. The highest BCUT2D eigenvalue weighted by Crippen LogP contribution is 2.37. The van der Waals surface area contributed by atoms with Crippen LogP contribution in [0.4, 0.5) is 0 Å². The van der Waals surface area contributed by atoms with Crippen LogP contribution in [-0.2, 0) is 13.5 Å². The fraction of sp³-hybridized carbons (Fsp3) is 0.357. The summed E-state index contributed by atoms with van der Waals surface area (Å²) < 4.78 is 4.15. The van der Waals surface area contributed by atoms with Gasteiger partial charge in [0.25, 0.3) is 0 Å². The van der Waals surface area contributed by atoms with Crippen molar-refractivity contribution < 1.29 is 0 Å². The number of aromatic nitrogens is 5. The second kappa shape index (κ2) is 4.31. The van der Waals surface area contributed by atoms with E-state index in [4.69, 9.17) is 11.6 Å². The van der Waals surface area contributed by atoms with Crippen LogP contribution < -0.4 is 0 Å². The number of hydrogen-bond donors (Lipinski definition) is 0. The maximum atomic E-state index is 6.09. The van der Waals surface area contributed by atoms with Crippen LogP contribution >= 0.6 is 11.6 Å². The Bertz CT molecular complexity index is 784. The molecular formula is C14H14ClN5. The van der Waals surface area contributed by atoms with Gasteiger partial charge in [0.15, 0.2) is 0 Å². The molecule has 3 heterocycles. The number of halogens is 1. The van der Waals surface area contributed by atoms with E-state index in [0.29, 0.717) is 17.7 Å². The van der Waals surface area contributed by atoms with Crippen LogP contribution in [0, 0.1) is 0 Å². The van der Waals surface area contributed by atoms with Crippen LogP contribution in [0.1, 0.15) is 30.3 Å². The maximum absolute atomic E-state index is 6.09. The third-order valence-corrected chi connectivity index (χ3v) is 3.84. The van der Waals surface area contributed by atoms with Gasteiger partial charge in [-0.3, -0.25) is 0 Å². The molecule has 1 fully saturated rings. The van der Waals surface area contributed by atoms with E-state index in [9.17, 15) is 0 Å². The lowest BCUT2D eigenvalue weighted by Crippen LogP contribution is -1.99. The second-order valence-electron chi connectivity index (χ2n) is 5.34. The van der Waals surface area contributed by atoms with Gasteiger partial charge in [-0.25, -0.2) is 9.97 Å². The fourth-order valence-corrected chi connectivity index (χ4v) is 2.76. The van der Waals surface area contributed by atoms with E-state index in [1.807, 2.05) is 17.8 Å². The van der Waals surface area contributed by atoms with Gasteiger partial charge in [0.1, 0.15) is 5.65 Å². The van der Waals surface area contributed by atoms with Crippen molar-refractivity contribution in [1.29, 1.82) is 0 Å². The van der Waals surface area contributed by atoms with Crippen LogP contribution in [0.25, 0.3) is 11.0 Å². The Hall–Kier alpha value is -1.88. The summed E-state index contributed by atoms with van der Waals surface area (Å²) in [5.74, 6) is 0. The molecule has 0 aromatic carbocycles. The first kappa shape index (κ1) is 11.9. The fourth-order valence-electron chi connectivity index (χ4n) is 2.58. The molecule has 0 bridgehead atoms. The molecule has 0 aliphatic heterocycles. The molecule has 5 nitrogen and oxygen atoms in total. The SMILES string of the molecule is Cn1cnc(Cc2nc(Cl)nc3c2ccn3C2CC2)c1. The lowest BCUT2D eigenvalue weighted by Gasteiger charge is -2.04. The predicted octanol–water partition coefficient (Wildman–Crippen LogP) is 2.74. The topological polar surface area (TPSA) is 48.5 Å². The molecule has 0 atom stereocenters. The molecule has 0 spiro atoms. The van der Waals surface area contributed by atoms with E-state index in [-0.39, 0.29) is 0 Å². The summed E-state index contributed by atoms with van der Waals surface area (Å²) in [5.41, 5.74) is 2.87. The van der Waals surface area contributed by atoms with Gasteiger partial charge in [0.05, 0.1) is 17.7 Å². The van der Waals surface area contributed by atoms with E-state index < -0.39 is 0 Å². The lowest BCUT2D eigenvalue weighted by atomic mass is 10.2. The van der Waals surface area contributed by atoms with Gasteiger partial charge in [-0.1, -0.05) is 0 Å². The van der Waals surface area contributed by atoms with E-state index in [1.165, 1.54) is 12.8 Å². The average molecular weight is 288 g/mol. The summed E-state index contributed by atoms with van der Waals surface area (Å²) in [4.78, 5) is 13.1. The zero-order valence-electron chi connectivity index (χ0n) is 11.1. The molecule has 0 N–H and O–H groups in total. The Balaban J connectivity index is 1.81. The molecule has 6 heteroatoms. The molecule has 102 valence electrons. The summed E-state index contributed by atoms with van der Waals surface area (Å²) in [6, 6.07) is 2.67. The summed E-state index contributed by atoms with van der Waals surface area (Å²) in [5, 5.41) is 1.39. The number of aryl methyl sites for hydroxylation is 1. The molecule has 3 aromatic rings. The predicted molar refractivity (Wildman–Crippen MR) is 76.8 cm³/mol. The van der Waals surface area contributed by atoms with Gasteiger partial charge in [-0.05, 0) is 30.5 Å². The van der Waals surface area contributed by atoms with Gasteiger partial charge >= 0.3 is 0 Å². The third-order valence-electron chi connectivity index (χ3n) is 3.67. The van der Waals surface area contributed by atoms with Crippen LogP contribution in [0.15, 0.2) is 24.8 Å². The van der Waals surface area contributed by atoms with Crippen molar-refractivity contribution in [3.63, 3.8) is 0 Å². The van der Waals surface area contributed by atoms with Gasteiger partial charge in [-0.15, -0.1) is 0 Å². The Morgan fingerprint density at radius 3 is 2.90 bits per heavy atom. The van der Waals surface area contributed by atoms with Gasteiger partial charge < -0.3 is 9.13 Å². The first-order valence-electron chi connectivity index (χ1n) is 6.70. The first-order valence-corrected chi connectivity index (χ1v) is 7.08. The summed E-state index contributed by atoms with van der Waals surface area (Å²) >= 11 is 6.09. The highest BCUT2D eigenvalue weighted by molar-refractivity contribution is 6.28. The molecule has 4 rings (SSSR count). The van der Waals surface area contributed by atoms with Gasteiger partial charge in [0.2, 0.25) is 5.28 Å². The molecule has 1 saturated carbocycles. The second-order valence-corrected chi connectivity index (χ2v) is 5.68. The molecule has 0 radical (unpaired) electrons. The molecule has 0 saturated heterocycles. The van der Waals surface area contributed by atoms with Crippen molar-refractivity contribution in [2.45, 2.75) is 25.3 Å². The van der Waals surface area contributed by atoms with Gasteiger partial charge in [0, 0.05) is 37.3 Å². The van der Waals surface area contributed by atoms with Crippen molar-refractivity contribution >= 4 is 22.6 Å². The van der Waals surface area contributed by atoms with Crippen molar-refractivity contribution in [2.75, 3.05) is 0 Å². The summed E-state index contributed by atoms with van der Waals surface area (Å²) in [6.45, 7) is 0. The Morgan fingerprint density at radius 2 is 2.20 bits per heavy atom. The van der Waals surface area contributed by atoms with E-state index in [2.05, 4.69) is 31.8 Å². The van der Waals surface area contributed by atoms with E-state index in [1.54, 1.807) is 6.33 Å². The molecule has 20 heavy (non-hydrogen) atoms. The standard InChI is InChI=1S/C14H14ClN5/c1-19-7-9(16-8-19)6-12-11-4-5-20(10-2-3-10)13(11)18-14(15)17-12/h4-5,7-8,10H,2-3,6H2,1H3. The Labute approximate surface area is 121 Å². The Kier molecular flexibility index (Phi) is 2.57. The number of nitrogens with zero attached hydrogens (tertiary/aromatic N) is 5. The monoisotopic (exact) mass is 287 g/mol.